The van der Waals surface area contributed by atoms with E-state index in [-0.39, 0.29) is 5.91 Å². The summed E-state index contributed by atoms with van der Waals surface area (Å²) in [6.45, 7) is 7.80. The molecule has 1 amide bonds. The molecule has 0 aliphatic carbocycles. The highest BCUT2D eigenvalue weighted by Crippen LogP contribution is 2.24. The second kappa shape index (κ2) is 6.70. The zero-order valence-corrected chi connectivity index (χ0v) is 13.1. The van der Waals surface area contributed by atoms with Gasteiger partial charge in [-0.15, -0.1) is 0 Å². The molecule has 0 radical (unpaired) electrons. The lowest BCUT2D eigenvalue weighted by atomic mass is 9.93. The summed E-state index contributed by atoms with van der Waals surface area (Å²) in [6.07, 6.45) is 2.23. The van der Waals surface area contributed by atoms with E-state index in [0.717, 1.165) is 5.56 Å². The molecule has 1 N–H and O–H groups in total. The van der Waals surface area contributed by atoms with E-state index < -0.39 is 5.60 Å². The smallest absolute Gasteiger partial charge is 0.256 e. The molecule has 5 nitrogen and oxygen atoms in total. The van der Waals surface area contributed by atoms with Crippen LogP contribution < -0.4 is 10.1 Å². The van der Waals surface area contributed by atoms with E-state index in [1.807, 2.05) is 13.0 Å². The van der Waals surface area contributed by atoms with Gasteiger partial charge in [0.2, 0.25) is 5.88 Å². The molecule has 0 bridgehead atoms. The molecule has 5 heteroatoms. The highest BCUT2D eigenvalue weighted by molar-refractivity contribution is 5.97. The molecule has 1 atom stereocenters. The Morgan fingerprint density at radius 1 is 1.45 bits per heavy atom. The van der Waals surface area contributed by atoms with Crippen molar-refractivity contribution in [3.05, 3.63) is 17.8 Å². The number of anilines is 1. The molecule has 112 valence electrons. The molecule has 0 saturated carbocycles. The van der Waals surface area contributed by atoms with Crippen LogP contribution in [-0.2, 0) is 9.53 Å². The van der Waals surface area contributed by atoms with Crippen LogP contribution in [0.2, 0.25) is 0 Å². The van der Waals surface area contributed by atoms with Crippen LogP contribution in [0, 0.1) is 12.8 Å². The van der Waals surface area contributed by atoms with Gasteiger partial charge in [-0.25, -0.2) is 4.98 Å². The van der Waals surface area contributed by atoms with E-state index in [0.29, 0.717) is 23.9 Å². The molecule has 0 aliphatic heterocycles. The Labute approximate surface area is 120 Å². The number of rotatable bonds is 6. The van der Waals surface area contributed by atoms with E-state index in [9.17, 15) is 4.79 Å². The van der Waals surface area contributed by atoms with Crippen molar-refractivity contribution in [2.75, 3.05) is 19.5 Å². The summed E-state index contributed by atoms with van der Waals surface area (Å²) in [6, 6.07) is 1.83. The molecule has 0 fully saturated rings. The fraction of sp³-hybridized carbons (Fsp3) is 0.600. The Morgan fingerprint density at radius 3 is 2.55 bits per heavy atom. The molecule has 1 aromatic heterocycles. The summed E-state index contributed by atoms with van der Waals surface area (Å²) in [5.41, 5.74) is 0.663. The molecule has 0 aliphatic rings. The van der Waals surface area contributed by atoms with Crippen molar-refractivity contribution in [2.45, 2.75) is 39.7 Å². The number of hydrogen-bond donors (Lipinski definition) is 1. The van der Waals surface area contributed by atoms with Gasteiger partial charge in [-0.2, -0.15) is 0 Å². The van der Waals surface area contributed by atoms with Gasteiger partial charge in [0.25, 0.3) is 5.91 Å². The fourth-order valence-corrected chi connectivity index (χ4v) is 2.16. The number of carbonyl (C=O) groups excluding carboxylic acids is 1. The second-order valence-corrected chi connectivity index (χ2v) is 5.54. The molecule has 1 heterocycles. The van der Waals surface area contributed by atoms with Crippen molar-refractivity contribution in [3.63, 3.8) is 0 Å². The predicted molar refractivity (Wildman–Crippen MR) is 79.0 cm³/mol. The maximum absolute atomic E-state index is 12.4. The van der Waals surface area contributed by atoms with Gasteiger partial charge in [-0.05, 0) is 32.3 Å². The highest BCUT2D eigenvalue weighted by Gasteiger charge is 2.33. The molecule has 1 rings (SSSR count). The molecule has 0 aromatic carbocycles. The Morgan fingerprint density at radius 2 is 2.10 bits per heavy atom. The Kier molecular flexibility index (Phi) is 5.51. The van der Waals surface area contributed by atoms with Gasteiger partial charge in [0, 0.05) is 12.7 Å². The maximum Gasteiger partial charge on any atom is 0.256 e. The minimum absolute atomic E-state index is 0.167. The van der Waals surface area contributed by atoms with E-state index in [2.05, 4.69) is 24.1 Å². The van der Waals surface area contributed by atoms with Crippen molar-refractivity contribution in [2.24, 2.45) is 5.92 Å². The van der Waals surface area contributed by atoms with Gasteiger partial charge in [-0.1, -0.05) is 13.8 Å². The zero-order valence-electron chi connectivity index (χ0n) is 13.1. The number of amides is 1. The van der Waals surface area contributed by atoms with Gasteiger partial charge in [0.15, 0.2) is 0 Å². The molecule has 1 unspecified atom stereocenters. The summed E-state index contributed by atoms with van der Waals surface area (Å²) in [5.74, 6) is 0.751. The average molecular weight is 280 g/mol. The first kappa shape index (κ1) is 16.4. The van der Waals surface area contributed by atoms with E-state index >= 15 is 0 Å². The third kappa shape index (κ3) is 3.93. The molecule has 0 saturated heterocycles. The number of hydrogen-bond acceptors (Lipinski definition) is 4. The first-order chi connectivity index (χ1) is 9.32. The monoisotopic (exact) mass is 280 g/mol. The average Bonchev–Trinajstić information content (AvgIpc) is 2.38. The lowest BCUT2D eigenvalue weighted by molar-refractivity contribution is -0.137. The minimum Gasteiger partial charge on any atom is -0.481 e. The lowest BCUT2D eigenvalue weighted by Crippen LogP contribution is -2.43. The van der Waals surface area contributed by atoms with Crippen molar-refractivity contribution >= 4 is 11.6 Å². The largest absolute Gasteiger partial charge is 0.481 e. The number of ether oxygens (including phenoxy) is 2. The molecule has 20 heavy (non-hydrogen) atoms. The van der Waals surface area contributed by atoms with Crippen molar-refractivity contribution in [3.8, 4) is 5.88 Å². The van der Waals surface area contributed by atoms with Crippen LogP contribution in [0.1, 0.15) is 32.8 Å². The summed E-state index contributed by atoms with van der Waals surface area (Å²) in [7, 11) is 3.12. The number of nitrogens with zero attached hydrogens (tertiary/aromatic N) is 1. The van der Waals surface area contributed by atoms with Crippen LogP contribution in [0.4, 0.5) is 5.69 Å². The van der Waals surface area contributed by atoms with E-state index in [1.54, 1.807) is 27.3 Å². The third-order valence-corrected chi connectivity index (χ3v) is 3.21. The molecular formula is C15H24N2O3. The van der Waals surface area contributed by atoms with Crippen molar-refractivity contribution < 1.29 is 14.3 Å². The van der Waals surface area contributed by atoms with Crippen molar-refractivity contribution in [1.29, 1.82) is 0 Å². The number of aromatic nitrogens is 1. The van der Waals surface area contributed by atoms with Crippen LogP contribution in [0.5, 0.6) is 5.88 Å². The first-order valence-electron chi connectivity index (χ1n) is 6.69. The van der Waals surface area contributed by atoms with Crippen LogP contribution >= 0.6 is 0 Å². The predicted octanol–water partition coefficient (Wildman–Crippen LogP) is 2.79. The SMILES string of the molecule is COc1ncc(NC(=O)C(C)(CC(C)C)OC)cc1C. The van der Waals surface area contributed by atoms with E-state index in [1.165, 1.54) is 0 Å². The zero-order chi connectivity index (χ0) is 15.3. The van der Waals surface area contributed by atoms with Crippen LogP contribution in [0.3, 0.4) is 0 Å². The van der Waals surface area contributed by atoms with Gasteiger partial charge >= 0.3 is 0 Å². The van der Waals surface area contributed by atoms with Crippen LogP contribution in [0.25, 0.3) is 0 Å². The summed E-state index contributed by atoms with van der Waals surface area (Å²) in [4.78, 5) is 16.5. The normalized spacial score (nSPS) is 13.9. The maximum atomic E-state index is 12.4. The van der Waals surface area contributed by atoms with Gasteiger partial charge in [0.05, 0.1) is 19.0 Å². The number of pyridine rings is 1. The van der Waals surface area contributed by atoms with Crippen molar-refractivity contribution in [1.82, 2.24) is 4.98 Å². The number of methoxy groups -OCH3 is 2. The third-order valence-electron chi connectivity index (χ3n) is 3.21. The van der Waals surface area contributed by atoms with Gasteiger partial charge < -0.3 is 14.8 Å². The summed E-state index contributed by atoms with van der Waals surface area (Å²) >= 11 is 0. The molecule has 1 aromatic rings. The Balaban J connectivity index is 2.86. The van der Waals surface area contributed by atoms with Crippen LogP contribution in [0.15, 0.2) is 12.3 Å². The minimum atomic E-state index is -0.845. The first-order valence-corrected chi connectivity index (χ1v) is 6.69. The number of nitrogens with one attached hydrogen (secondary N) is 1. The van der Waals surface area contributed by atoms with E-state index in [4.69, 9.17) is 9.47 Å². The second-order valence-electron chi connectivity index (χ2n) is 5.54. The standard InChI is InChI=1S/C15H24N2O3/c1-10(2)8-15(4,20-6)14(18)17-12-7-11(3)13(19-5)16-9-12/h7,9-10H,8H2,1-6H3,(H,17,18). The lowest BCUT2D eigenvalue weighted by Gasteiger charge is -2.28. The topological polar surface area (TPSA) is 60.5 Å². The quantitative estimate of drug-likeness (QED) is 0.870. The summed E-state index contributed by atoms with van der Waals surface area (Å²) < 4.78 is 10.5. The highest BCUT2D eigenvalue weighted by atomic mass is 16.5. The molecular weight excluding hydrogens is 256 g/mol. The molecule has 0 spiro atoms. The Hall–Kier alpha value is -1.62. The number of carbonyl (C=O) groups is 1. The Bertz CT molecular complexity index is 474. The van der Waals surface area contributed by atoms with Gasteiger partial charge in [-0.3, -0.25) is 4.79 Å². The summed E-state index contributed by atoms with van der Waals surface area (Å²) in [5, 5.41) is 2.85. The number of aryl methyl sites for hydroxylation is 1. The van der Waals surface area contributed by atoms with Gasteiger partial charge in [0.1, 0.15) is 5.60 Å². The van der Waals surface area contributed by atoms with Crippen LogP contribution in [-0.4, -0.2) is 30.7 Å². The fourth-order valence-electron chi connectivity index (χ4n) is 2.16.